The van der Waals surface area contributed by atoms with Crippen molar-refractivity contribution in [3.8, 4) is 0 Å². The van der Waals surface area contributed by atoms with Crippen LogP contribution in [0.5, 0.6) is 0 Å². The van der Waals surface area contributed by atoms with E-state index in [4.69, 9.17) is 9.26 Å². The van der Waals surface area contributed by atoms with Gasteiger partial charge in [0.2, 0.25) is 5.89 Å². The topological polar surface area (TPSA) is 68.5 Å². The molecule has 1 aromatic rings. The van der Waals surface area contributed by atoms with Gasteiger partial charge in [-0.25, -0.2) is 4.79 Å². The molecule has 1 atom stereocenters. The van der Waals surface area contributed by atoms with Crippen LogP contribution in [0.3, 0.4) is 0 Å². The molecule has 0 spiro atoms. The summed E-state index contributed by atoms with van der Waals surface area (Å²) >= 11 is 0. The highest BCUT2D eigenvalue weighted by Gasteiger charge is 2.33. The van der Waals surface area contributed by atoms with Crippen LogP contribution < -0.4 is 0 Å². The first-order valence-corrected chi connectivity index (χ1v) is 6.13. The smallest absolute Gasteiger partial charge is 0.410 e. The van der Waals surface area contributed by atoms with Crippen molar-refractivity contribution in [3.63, 3.8) is 0 Å². The van der Waals surface area contributed by atoms with Crippen LogP contribution in [0, 0.1) is 6.92 Å². The molecule has 18 heavy (non-hydrogen) atoms. The van der Waals surface area contributed by atoms with Gasteiger partial charge in [-0.05, 0) is 34.1 Å². The maximum absolute atomic E-state index is 11.9. The third-order valence-corrected chi connectivity index (χ3v) is 2.73. The van der Waals surface area contributed by atoms with E-state index in [2.05, 4.69) is 10.1 Å². The van der Waals surface area contributed by atoms with Gasteiger partial charge < -0.3 is 14.2 Å². The Morgan fingerprint density at radius 2 is 2.22 bits per heavy atom. The maximum Gasteiger partial charge on any atom is 0.410 e. The van der Waals surface area contributed by atoms with Gasteiger partial charge in [-0.3, -0.25) is 0 Å². The Morgan fingerprint density at radius 3 is 2.78 bits per heavy atom. The Bertz CT molecular complexity index is 436. The number of hydrogen-bond donors (Lipinski definition) is 0. The number of ether oxygens (including phenoxy) is 1. The van der Waals surface area contributed by atoms with Gasteiger partial charge in [-0.1, -0.05) is 5.16 Å². The lowest BCUT2D eigenvalue weighted by Gasteiger charge is -2.24. The molecule has 0 radical (unpaired) electrons. The molecule has 6 nitrogen and oxygen atoms in total. The number of carbonyl (C=O) groups is 1. The summed E-state index contributed by atoms with van der Waals surface area (Å²) in [5, 5.41) is 3.77. The van der Waals surface area contributed by atoms with Crippen LogP contribution in [0.15, 0.2) is 4.52 Å². The van der Waals surface area contributed by atoms with E-state index in [9.17, 15) is 4.79 Å². The number of aromatic nitrogens is 2. The predicted molar refractivity (Wildman–Crippen MR) is 64.2 cm³/mol. The molecule has 0 aliphatic carbocycles. The van der Waals surface area contributed by atoms with E-state index < -0.39 is 5.60 Å². The van der Waals surface area contributed by atoms with E-state index in [1.54, 1.807) is 11.8 Å². The van der Waals surface area contributed by atoms with E-state index in [0.717, 1.165) is 6.42 Å². The normalized spacial score (nSPS) is 20.2. The summed E-state index contributed by atoms with van der Waals surface area (Å²) in [5.41, 5.74) is -0.462. The fourth-order valence-electron chi connectivity index (χ4n) is 1.93. The highest BCUT2D eigenvalue weighted by molar-refractivity contribution is 5.68. The first kappa shape index (κ1) is 12.9. The first-order valence-electron chi connectivity index (χ1n) is 6.13. The van der Waals surface area contributed by atoms with Gasteiger partial charge in [-0.2, -0.15) is 4.98 Å². The van der Waals surface area contributed by atoms with Crippen molar-refractivity contribution >= 4 is 6.09 Å². The van der Waals surface area contributed by atoms with Gasteiger partial charge in [0.05, 0.1) is 5.92 Å². The standard InChI is InChI=1S/C12H19N3O3/c1-8-13-10(18-14-8)9-5-6-15(7-9)11(16)17-12(2,3)4/h9H,5-7H2,1-4H3. The molecule has 0 N–H and O–H groups in total. The molecule has 100 valence electrons. The Balaban J connectivity index is 1.94. The predicted octanol–water partition coefficient (Wildman–Crippen LogP) is 2.10. The average Bonchev–Trinajstić information content (AvgIpc) is 2.82. The molecule has 0 bridgehead atoms. The molecule has 1 amide bonds. The summed E-state index contributed by atoms with van der Waals surface area (Å²) in [5.74, 6) is 1.36. The number of likely N-dealkylation sites (tertiary alicyclic amines) is 1. The van der Waals surface area contributed by atoms with E-state index >= 15 is 0 Å². The highest BCUT2D eigenvalue weighted by atomic mass is 16.6. The second-order valence-corrected chi connectivity index (χ2v) is 5.59. The van der Waals surface area contributed by atoms with Gasteiger partial charge in [0, 0.05) is 13.1 Å². The lowest BCUT2D eigenvalue weighted by Crippen LogP contribution is -2.35. The largest absolute Gasteiger partial charge is 0.444 e. The number of aryl methyl sites for hydroxylation is 1. The van der Waals surface area contributed by atoms with Crippen LogP contribution in [0.1, 0.15) is 44.8 Å². The van der Waals surface area contributed by atoms with Gasteiger partial charge in [0.15, 0.2) is 5.82 Å². The lowest BCUT2D eigenvalue weighted by atomic mass is 10.1. The van der Waals surface area contributed by atoms with E-state index in [-0.39, 0.29) is 12.0 Å². The second-order valence-electron chi connectivity index (χ2n) is 5.59. The highest BCUT2D eigenvalue weighted by Crippen LogP contribution is 2.26. The zero-order valence-corrected chi connectivity index (χ0v) is 11.3. The Kier molecular flexibility index (Phi) is 3.28. The second kappa shape index (κ2) is 4.59. The molecular formula is C12H19N3O3. The maximum atomic E-state index is 11.9. The van der Waals surface area contributed by atoms with Crippen LogP contribution in [-0.4, -0.2) is 39.8 Å². The van der Waals surface area contributed by atoms with Crippen molar-refractivity contribution in [3.05, 3.63) is 11.7 Å². The first-order chi connectivity index (χ1) is 8.35. The number of carbonyl (C=O) groups excluding carboxylic acids is 1. The van der Waals surface area contributed by atoms with Crippen molar-refractivity contribution in [2.45, 2.75) is 45.6 Å². The number of rotatable bonds is 1. The van der Waals surface area contributed by atoms with Crippen LogP contribution >= 0.6 is 0 Å². The minimum atomic E-state index is -0.462. The molecule has 2 rings (SSSR count). The lowest BCUT2D eigenvalue weighted by molar-refractivity contribution is 0.0291. The average molecular weight is 253 g/mol. The molecule has 0 aromatic carbocycles. The molecule has 1 aliphatic heterocycles. The summed E-state index contributed by atoms with van der Waals surface area (Å²) < 4.78 is 10.5. The van der Waals surface area contributed by atoms with Gasteiger partial charge >= 0.3 is 6.09 Å². The Morgan fingerprint density at radius 1 is 1.50 bits per heavy atom. The zero-order chi connectivity index (χ0) is 13.3. The van der Waals surface area contributed by atoms with Crippen LogP contribution in [0.4, 0.5) is 4.79 Å². The number of nitrogens with zero attached hydrogens (tertiary/aromatic N) is 3. The fourth-order valence-corrected chi connectivity index (χ4v) is 1.93. The van der Waals surface area contributed by atoms with Crippen molar-refractivity contribution < 1.29 is 14.1 Å². The third-order valence-electron chi connectivity index (χ3n) is 2.73. The van der Waals surface area contributed by atoms with Crippen LogP contribution in [0.2, 0.25) is 0 Å². The molecule has 1 unspecified atom stereocenters. The zero-order valence-electron chi connectivity index (χ0n) is 11.3. The molecule has 6 heteroatoms. The van der Waals surface area contributed by atoms with Crippen LogP contribution in [-0.2, 0) is 4.74 Å². The van der Waals surface area contributed by atoms with Gasteiger partial charge in [0.25, 0.3) is 0 Å². The summed E-state index contributed by atoms with van der Waals surface area (Å²) in [6.07, 6.45) is 0.558. The van der Waals surface area contributed by atoms with E-state index in [0.29, 0.717) is 24.8 Å². The molecule has 1 aliphatic rings. The Labute approximate surface area is 106 Å². The molecular weight excluding hydrogens is 234 g/mol. The number of amides is 1. The van der Waals surface area contributed by atoms with E-state index in [1.807, 2.05) is 20.8 Å². The molecule has 1 aromatic heterocycles. The summed E-state index contributed by atoms with van der Waals surface area (Å²) in [6, 6.07) is 0. The fraction of sp³-hybridized carbons (Fsp3) is 0.750. The van der Waals surface area contributed by atoms with Crippen molar-refractivity contribution in [1.82, 2.24) is 15.0 Å². The monoisotopic (exact) mass is 253 g/mol. The number of hydrogen-bond acceptors (Lipinski definition) is 5. The summed E-state index contributed by atoms with van der Waals surface area (Å²) in [4.78, 5) is 17.8. The quantitative estimate of drug-likeness (QED) is 0.766. The van der Waals surface area contributed by atoms with Crippen LogP contribution in [0.25, 0.3) is 0 Å². The SMILES string of the molecule is Cc1noc(C2CCN(C(=O)OC(C)(C)C)C2)n1. The van der Waals surface area contributed by atoms with Gasteiger partial charge in [-0.15, -0.1) is 0 Å². The molecule has 1 fully saturated rings. The summed E-state index contributed by atoms with van der Waals surface area (Å²) in [7, 11) is 0. The van der Waals surface area contributed by atoms with Crippen molar-refractivity contribution in [2.75, 3.05) is 13.1 Å². The third kappa shape index (κ3) is 3.00. The minimum Gasteiger partial charge on any atom is -0.444 e. The minimum absolute atomic E-state index is 0.124. The van der Waals surface area contributed by atoms with Crippen molar-refractivity contribution in [1.29, 1.82) is 0 Å². The van der Waals surface area contributed by atoms with E-state index in [1.165, 1.54) is 0 Å². The van der Waals surface area contributed by atoms with Crippen molar-refractivity contribution in [2.24, 2.45) is 0 Å². The Hall–Kier alpha value is -1.59. The molecule has 0 saturated carbocycles. The molecule has 1 saturated heterocycles. The molecule has 2 heterocycles. The summed E-state index contributed by atoms with van der Waals surface area (Å²) in [6.45, 7) is 8.62. The van der Waals surface area contributed by atoms with Gasteiger partial charge in [0.1, 0.15) is 5.60 Å².